The van der Waals surface area contributed by atoms with Crippen molar-refractivity contribution >= 4 is 11.9 Å². The highest BCUT2D eigenvalue weighted by molar-refractivity contribution is 5.82. The number of esters is 1. The van der Waals surface area contributed by atoms with Gasteiger partial charge in [0.05, 0.1) is 7.11 Å². The van der Waals surface area contributed by atoms with Crippen molar-refractivity contribution in [1.29, 1.82) is 0 Å². The molecule has 0 saturated carbocycles. The highest BCUT2D eigenvalue weighted by Crippen LogP contribution is 2.11. The minimum Gasteiger partial charge on any atom is -0.468 e. The molecule has 0 aliphatic rings. The summed E-state index contributed by atoms with van der Waals surface area (Å²) in [6, 6.07) is 8.01. The molecule has 0 aromatic heterocycles. The van der Waals surface area contributed by atoms with E-state index in [1.165, 1.54) is 18.2 Å². The number of amides is 1. The van der Waals surface area contributed by atoms with E-state index in [-0.39, 0.29) is 24.5 Å². The molecule has 4 nitrogen and oxygen atoms in total. The van der Waals surface area contributed by atoms with Gasteiger partial charge in [-0.05, 0) is 38.3 Å². The molecule has 0 aliphatic carbocycles. The van der Waals surface area contributed by atoms with Crippen LogP contribution in [0.25, 0.3) is 0 Å². The molecule has 1 aromatic rings. The molecule has 0 saturated heterocycles. The predicted molar refractivity (Wildman–Crippen MR) is 78.4 cm³/mol. The zero-order valence-corrected chi connectivity index (χ0v) is 12.7. The van der Waals surface area contributed by atoms with Crippen molar-refractivity contribution in [3.63, 3.8) is 0 Å². The predicted octanol–water partition coefficient (Wildman–Crippen LogP) is 2.34. The van der Waals surface area contributed by atoms with Crippen LogP contribution in [0.2, 0.25) is 0 Å². The fourth-order valence-corrected chi connectivity index (χ4v) is 2.04. The third-order valence-corrected chi connectivity index (χ3v) is 3.34. The van der Waals surface area contributed by atoms with Crippen LogP contribution in [0.15, 0.2) is 24.3 Å². The lowest BCUT2D eigenvalue weighted by Crippen LogP contribution is -2.41. The number of methoxy groups -OCH3 is 1. The molecule has 1 amide bonds. The summed E-state index contributed by atoms with van der Waals surface area (Å²) in [5.41, 5.74) is 2.35. The Labute approximate surface area is 120 Å². The second kappa shape index (κ2) is 7.68. The summed E-state index contributed by atoms with van der Waals surface area (Å²) in [6.07, 6.45) is 1.09. The van der Waals surface area contributed by atoms with Crippen molar-refractivity contribution in [3.05, 3.63) is 35.4 Å². The Hall–Kier alpha value is -1.84. The summed E-state index contributed by atoms with van der Waals surface area (Å²) in [4.78, 5) is 25.1. The van der Waals surface area contributed by atoms with Gasteiger partial charge in [0.1, 0.15) is 6.54 Å². The number of hydrogen-bond donors (Lipinski definition) is 0. The van der Waals surface area contributed by atoms with E-state index in [1.807, 2.05) is 45.0 Å². The van der Waals surface area contributed by atoms with Crippen LogP contribution in [0, 0.1) is 6.92 Å². The van der Waals surface area contributed by atoms with Crippen LogP contribution in [0.1, 0.15) is 31.4 Å². The fraction of sp³-hybridized carbons (Fsp3) is 0.500. The SMILES string of the molecule is COC(=O)CN(C(=O)CCc1ccccc1C)C(C)C. The number of ether oxygens (including phenoxy) is 1. The Bertz CT molecular complexity index is 469. The molecule has 110 valence electrons. The lowest BCUT2D eigenvalue weighted by molar-refractivity contribution is -0.148. The molecule has 0 aliphatic heterocycles. The first-order valence-electron chi connectivity index (χ1n) is 6.86. The smallest absolute Gasteiger partial charge is 0.325 e. The topological polar surface area (TPSA) is 46.6 Å². The van der Waals surface area contributed by atoms with Gasteiger partial charge in [-0.3, -0.25) is 9.59 Å². The quantitative estimate of drug-likeness (QED) is 0.750. The molecule has 20 heavy (non-hydrogen) atoms. The fourth-order valence-electron chi connectivity index (χ4n) is 2.04. The maximum atomic E-state index is 12.2. The molecule has 1 aromatic carbocycles. The summed E-state index contributed by atoms with van der Waals surface area (Å²) >= 11 is 0. The first-order chi connectivity index (χ1) is 9.45. The normalized spacial score (nSPS) is 10.4. The van der Waals surface area contributed by atoms with Gasteiger partial charge in [0.25, 0.3) is 0 Å². The molecular weight excluding hydrogens is 254 g/mol. The van der Waals surface area contributed by atoms with Crippen LogP contribution < -0.4 is 0 Å². The van der Waals surface area contributed by atoms with Gasteiger partial charge in [0.15, 0.2) is 0 Å². The van der Waals surface area contributed by atoms with Gasteiger partial charge in [-0.25, -0.2) is 0 Å². The first kappa shape index (κ1) is 16.2. The maximum Gasteiger partial charge on any atom is 0.325 e. The molecular formula is C16H23NO3. The van der Waals surface area contributed by atoms with Gasteiger partial charge in [0, 0.05) is 12.5 Å². The molecule has 1 rings (SSSR count). The van der Waals surface area contributed by atoms with E-state index in [1.54, 1.807) is 4.90 Å². The molecule has 0 N–H and O–H groups in total. The van der Waals surface area contributed by atoms with E-state index in [0.717, 1.165) is 0 Å². The maximum absolute atomic E-state index is 12.2. The van der Waals surface area contributed by atoms with Crippen molar-refractivity contribution in [2.45, 2.75) is 39.7 Å². The highest BCUT2D eigenvalue weighted by atomic mass is 16.5. The Morgan fingerprint density at radius 1 is 1.25 bits per heavy atom. The molecule has 0 unspecified atom stereocenters. The van der Waals surface area contributed by atoms with Crippen LogP contribution >= 0.6 is 0 Å². The zero-order valence-electron chi connectivity index (χ0n) is 12.7. The number of nitrogens with zero attached hydrogens (tertiary/aromatic N) is 1. The van der Waals surface area contributed by atoms with Crippen LogP contribution in [0.5, 0.6) is 0 Å². The molecule has 4 heteroatoms. The second-order valence-electron chi connectivity index (χ2n) is 5.12. The van der Waals surface area contributed by atoms with Gasteiger partial charge in [-0.1, -0.05) is 24.3 Å². The average molecular weight is 277 g/mol. The van der Waals surface area contributed by atoms with Crippen molar-refractivity contribution in [3.8, 4) is 0 Å². The zero-order chi connectivity index (χ0) is 15.1. The van der Waals surface area contributed by atoms with E-state index < -0.39 is 0 Å². The lowest BCUT2D eigenvalue weighted by atomic mass is 10.0. The van der Waals surface area contributed by atoms with E-state index in [0.29, 0.717) is 12.8 Å². The van der Waals surface area contributed by atoms with Crippen molar-refractivity contribution in [2.24, 2.45) is 0 Å². The number of hydrogen-bond acceptors (Lipinski definition) is 3. The van der Waals surface area contributed by atoms with Gasteiger partial charge in [-0.2, -0.15) is 0 Å². The van der Waals surface area contributed by atoms with Crippen LogP contribution in [-0.4, -0.2) is 36.5 Å². The van der Waals surface area contributed by atoms with E-state index >= 15 is 0 Å². The summed E-state index contributed by atoms with van der Waals surface area (Å²) in [7, 11) is 1.33. The molecule has 0 atom stereocenters. The highest BCUT2D eigenvalue weighted by Gasteiger charge is 2.20. The Morgan fingerprint density at radius 2 is 1.90 bits per heavy atom. The lowest BCUT2D eigenvalue weighted by Gasteiger charge is -2.25. The number of rotatable bonds is 6. The minimum atomic E-state index is -0.386. The molecule has 0 spiro atoms. The largest absolute Gasteiger partial charge is 0.468 e. The Kier molecular flexibility index (Phi) is 6.22. The van der Waals surface area contributed by atoms with Crippen molar-refractivity contribution in [1.82, 2.24) is 4.90 Å². The first-order valence-corrected chi connectivity index (χ1v) is 6.86. The monoisotopic (exact) mass is 277 g/mol. The van der Waals surface area contributed by atoms with Crippen molar-refractivity contribution < 1.29 is 14.3 Å². The standard InChI is InChI=1S/C16H23NO3/c1-12(2)17(11-16(19)20-4)15(18)10-9-14-8-6-5-7-13(14)3/h5-8,12H,9-11H2,1-4H3. The number of carbonyl (C=O) groups is 2. The second-order valence-corrected chi connectivity index (χ2v) is 5.12. The molecule has 0 fully saturated rings. The van der Waals surface area contributed by atoms with E-state index in [9.17, 15) is 9.59 Å². The molecule has 0 heterocycles. The van der Waals surface area contributed by atoms with Crippen molar-refractivity contribution in [2.75, 3.05) is 13.7 Å². The Balaban J connectivity index is 2.63. The average Bonchev–Trinajstić information content (AvgIpc) is 2.42. The molecule has 0 bridgehead atoms. The molecule has 0 radical (unpaired) electrons. The van der Waals surface area contributed by atoms with E-state index in [2.05, 4.69) is 4.74 Å². The summed E-state index contributed by atoms with van der Waals surface area (Å²) in [5, 5.41) is 0. The third kappa shape index (κ3) is 4.68. The number of carbonyl (C=O) groups excluding carboxylic acids is 2. The number of benzene rings is 1. The summed E-state index contributed by atoms with van der Waals surface area (Å²) < 4.78 is 4.63. The van der Waals surface area contributed by atoms with Gasteiger partial charge < -0.3 is 9.64 Å². The van der Waals surface area contributed by atoms with Crippen LogP contribution in [0.4, 0.5) is 0 Å². The van der Waals surface area contributed by atoms with Crippen LogP contribution in [0.3, 0.4) is 0 Å². The van der Waals surface area contributed by atoms with Gasteiger partial charge >= 0.3 is 5.97 Å². The Morgan fingerprint density at radius 3 is 2.45 bits per heavy atom. The number of aryl methyl sites for hydroxylation is 2. The van der Waals surface area contributed by atoms with E-state index in [4.69, 9.17) is 0 Å². The van der Waals surface area contributed by atoms with Gasteiger partial charge in [-0.15, -0.1) is 0 Å². The third-order valence-electron chi connectivity index (χ3n) is 3.34. The summed E-state index contributed by atoms with van der Waals surface area (Å²) in [6.45, 7) is 5.85. The minimum absolute atomic E-state index is 0.0147. The summed E-state index contributed by atoms with van der Waals surface area (Å²) in [5.74, 6) is -0.406. The van der Waals surface area contributed by atoms with Gasteiger partial charge in [0.2, 0.25) is 5.91 Å². The van der Waals surface area contributed by atoms with Crippen LogP contribution in [-0.2, 0) is 20.7 Å².